The minimum Gasteiger partial charge on any atom is -0.374 e. The monoisotopic (exact) mass is 345 g/mol. The first-order valence-corrected chi connectivity index (χ1v) is 9.24. The normalized spacial score (nSPS) is 19.0. The van der Waals surface area contributed by atoms with Gasteiger partial charge in [0.1, 0.15) is 5.01 Å². The summed E-state index contributed by atoms with van der Waals surface area (Å²) in [5, 5.41) is 6.00. The first-order valence-electron chi connectivity index (χ1n) is 8.36. The number of rotatable bonds is 5. The third-order valence-electron chi connectivity index (χ3n) is 4.19. The molecule has 0 radical (unpaired) electrons. The summed E-state index contributed by atoms with van der Waals surface area (Å²) in [6.45, 7) is 3.89. The van der Waals surface area contributed by atoms with E-state index in [0.29, 0.717) is 19.7 Å². The van der Waals surface area contributed by atoms with E-state index in [4.69, 9.17) is 4.74 Å². The fourth-order valence-electron chi connectivity index (χ4n) is 2.89. The van der Waals surface area contributed by atoms with E-state index in [1.54, 1.807) is 17.5 Å². The topological polar surface area (TPSA) is 54.5 Å². The Hall–Kier alpha value is -1.92. The standard InChI is InChI=1S/C18H23N3O2S/c1-2-16(17-19-8-11-24-17)20-18(22)21-9-10-23-15(13-21)12-14-6-4-3-5-7-14/h3-8,11,15-16H,2,9-10,12-13H2,1H3,(H,20,22)/t15-,16-/m1/s1. The number of nitrogens with one attached hydrogen (secondary N) is 1. The molecule has 1 aromatic carbocycles. The lowest BCUT2D eigenvalue weighted by molar-refractivity contribution is -0.0136. The highest BCUT2D eigenvalue weighted by Gasteiger charge is 2.26. The summed E-state index contributed by atoms with van der Waals surface area (Å²) in [5.41, 5.74) is 1.24. The Morgan fingerprint density at radius 2 is 2.29 bits per heavy atom. The minimum absolute atomic E-state index is 0.0204. The van der Waals surface area contributed by atoms with Crippen LogP contribution in [0, 0.1) is 0 Å². The Bertz CT molecular complexity index is 633. The van der Waals surface area contributed by atoms with E-state index in [-0.39, 0.29) is 18.2 Å². The zero-order valence-corrected chi connectivity index (χ0v) is 14.7. The van der Waals surface area contributed by atoms with Crippen molar-refractivity contribution in [1.29, 1.82) is 0 Å². The molecule has 0 bridgehead atoms. The molecule has 24 heavy (non-hydrogen) atoms. The fourth-order valence-corrected chi connectivity index (χ4v) is 3.66. The van der Waals surface area contributed by atoms with Gasteiger partial charge in [-0.15, -0.1) is 11.3 Å². The van der Waals surface area contributed by atoms with E-state index in [0.717, 1.165) is 17.8 Å². The maximum atomic E-state index is 12.6. The molecule has 2 atom stereocenters. The molecule has 1 aromatic heterocycles. The van der Waals surface area contributed by atoms with Crippen molar-refractivity contribution in [3.8, 4) is 0 Å². The molecule has 1 fully saturated rings. The Kier molecular flexibility index (Phi) is 5.82. The molecule has 2 aromatic rings. The van der Waals surface area contributed by atoms with Gasteiger partial charge in [0, 0.05) is 31.1 Å². The second kappa shape index (κ2) is 8.26. The summed E-state index contributed by atoms with van der Waals surface area (Å²) in [7, 11) is 0. The molecular weight excluding hydrogens is 322 g/mol. The largest absolute Gasteiger partial charge is 0.374 e. The van der Waals surface area contributed by atoms with Crippen molar-refractivity contribution in [2.24, 2.45) is 0 Å². The van der Waals surface area contributed by atoms with E-state index in [1.165, 1.54) is 5.56 Å². The third kappa shape index (κ3) is 4.33. The van der Waals surface area contributed by atoms with Crippen molar-refractivity contribution in [3.05, 3.63) is 52.5 Å². The summed E-state index contributed by atoms with van der Waals surface area (Å²) in [5.74, 6) is 0. The molecule has 5 nitrogen and oxygen atoms in total. The van der Waals surface area contributed by atoms with Crippen LogP contribution in [0.3, 0.4) is 0 Å². The molecule has 2 heterocycles. The number of carbonyl (C=O) groups is 1. The van der Waals surface area contributed by atoms with Gasteiger partial charge in [-0.05, 0) is 12.0 Å². The molecule has 2 amide bonds. The average Bonchev–Trinajstić information content (AvgIpc) is 3.15. The molecule has 1 saturated heterocycles. The predicted molar refractivity (Wildman–Crippen MR) is 95.1 cm³/mol. The van der Waals surface area contributed by atoms with Crippen LogP contribution in [-0.4, -0.2) is 41.7 Å². The van der Waals surface area contributed by atoms with Gasteiger partial charge in [0.15, 0.2) is 0 Å². The summed E-state index contributed by atoms with van der Waals surface area (Å²) < 4.78 is 5.83. The van der Waals surface area contributed by atoms with Crippen molar-refractivity contribution in [2.75, 3.05) is 19.7 Å². The van der Waals surface area contributed by atoms with E-state index in [1.807, 2.05) is 28.5 Å². The van der Waals surface area contributed by atoms with Crippen LogP contribution in [0.2, 0.25) is 0 Å². The van der Waals surface area contributed by atoms with Crippen LogP contribution in [-0.2, 0) is 11.2 Å². The quantitative estimate of drug-likeness (QED) is 0.905. The van der Waals surface area contributed by atoms with Gasteiger partial charge in [-0.25, -0.2) is 9.78 Å². The Balaban J connectivity index is 1.56. The number of carbonyl (C=O) groups excluding carboxylic acids is 1. The maximum absolute atomic E-state index is 12.6. The Morgan fingerprint density at radius 1 is 1.46 bits per heavy atom. The molecule has 6 heteroatoms. The lowest BCUT2D eigenvalue weighted by atomic mass is 10.1. The number of thiazole rings is 1. The van der Waals surface area contributed by atoms with Crippen LogP contribution in [0.4, 0.5) is 4.79 Å². The van der Waals surface area contributed by atoms with Crippen molar-refractivity contribution in [2.45, 2.75) is 31.9 Å². The minimum atomic E-state index is -0.0292. The van der Waals surface area contributed by atoms with Crippen molar-refractivity contribution in [1.82, 2.24) is 15.2 Å². The van der Waals surface area contributed by atoms with Crippen LogP contribution in [0.1, 0.15) is 30.0 Å². The number of ether oxygens (including phenoxy) is 1. The lowest BCUT2D eigenvalue weighted by Crippen LogP contribution is -2.50. The summed E-state index contributed by atoms with van der Waals surface area (Å²) >= 11 is 1.58. The molecule has 0 aliphatic carbocycles. The van der Waals surface area contributed by atoms with Crippen LogP contribution < -0.4 is 5.32 Å². The van der Waals surface area contributed by atoms with Gasteiger partial charge in [0.25, 0.3) is 0 Å². The molecule has 128 valence electrons. The van der Waals surface area contributed by atoms with Gasteiger partial charge in [-0.1, -0.05) is 37.3 Å². The number of aromatic nitrogens is 1. The zero-order valence-electron chi connectivity index (χ0n) is 13.9. The summed E-state index contributed by atoms with van der Waals surface area (Å²) in [4.78, 5) is 18.8. The van der Waals surface area contributed by atoms with Gasteiger partial charge in [-0.2, -0.15) is 0 Å². The van der Waals surface area contributed by atoms with E-state index in [2.05, 4.69) is 29.4 Å². The first-order chi connectivity index (χ1) is 11.8. The number of hydrogen-bond donors (Lipinski definition) is 1. The SMILES string of the molecule is CC[C@@H](NC(=O)N1CCO[C@H](Cc2ccccc2)C1)c1nccs1. The summed E-state index contributed by atoms with van der Waals surface area (Å²) in [6.07, 6.45) is 3.48. The molecule has 0 spiro atoms. The first kappa shape index (κ1) is 16.9. The molecule has 0 unspecified atom stereocenters. The smallest absolute Gasteiger partial charge is 0.318 e. The second-order valence-corrected chi connectivity index (χ2v) is 6.84. The van der Waals surface area contributed by atoms with E-state index >= 15 is 0 Å². The fraction of sp³-hybridized carbons (Fsp3) is 0.444. The zero-order chi connectivity index (χ0) is 16.8. The van der Waals surface area contributed by atoms with Gasteiger partial charge in [0.2, 0.25) is 0 Å². The molecular formula is C18H23N3O2S. The highest BCUT2D eigenvalue weighted by molar-refractivity contribution is 7.09. The number of benzene rings is 1. The molecule has 1 aliphatic rings. The second-order valence-electron chi connectivity index (χ2n) is 5.91. The van der Waals surface area contributed by atoms with Crippen molar-refractivity contribution < 1.29 is 9.53 Å². The van der Waals surface area contributed by atoms with Crippen molar-refractivity contribution in [3.63, 3.8) is 0 Å². The van der Waals surface area contributed by atoms with E-state index < -0.39 is 0 Å². The number of nitrogens with zero attached hydrogens (tertiary/aromatic N) is 2. The molecule has 0 saturated carbocycles. The predicted octanol–water partition coefficient (Wildman–Crippen LogP) is 3.25. The van der Waals surface area contributed by atoms with Gasteiger partial charge < -0.3 is 15.0 Å². The van der Waals surface area contributed by atoms with Crippen molar-refractivity contribution >= 4 is 17.4 Å². The van der Waals surface area contributed by atoms with Gasteiger partial charge in [0.05, 0.1) is 18.8 Å². The van der Waals surface area contributed by atoms with E-state index in [9.17, 15) is 4.79 Å². The number of urea groups is 1. The highest BCUT2D eigenvalue weighted by atomic mass is 32.1. The lowest BCUT2D eigenvalue weighted by Gasteiger charge is -2.34. The third-order valence-corrected chi connectivity index (χ3v) is 5.08. The van der Waals surface area contributed by atoms with Crippen LogP contribution in [0.15, 0.2) is 41.9 Å². The molecule has 3 rings (SSSR count). The van der Waals surface area contributed by atoms with Gasteiger partial charge in [-0.3, -0.25) is 0 Å². The molecule has 1 N–H and O–H groups in total. The molecule has 1 aliphatic heterocycles. The Labute approximate surface area is 146 Å². The number of morpholine rings is 1. The van der Waals surface area contributed by atoms with Gasteiger partial charge >= 0.3 is 6.03 Å². The van der Waals surface area contributed by atoms with Crippen LogP contribution in [0.5, 0.6) is 0 Å². The van der Waals surface area contributed by atoms with Crippen LogP contribution in [0.25, 0.3) is 0 Å². The maximum Gasteiger partial charge on any atom is 0.318 e. The highest BCUT2D eigenvalue weighted by Crippen LogP contribution is 2.19. The average molecular weight is 345 g/mol. The van der Waals surface area contributed by atoms with Crippen LogP contribution >= 0.6 is 11.3 Å². The number of hydrogen-bond acceptors (Lipinski definition) is 4. The Morgan fingerprint density at radius 3 is 3.00 bits per heavy atom. The summed E-state index contributed by atoms with van der Waals surface area (Å²) in [6, 6.07) is 10.2. The number of amides is 2.